The molecule has 0 aliphatic rings. The molecule has 2 rings (SSSR count). The Hall–Kier alpha value is -1.95. The van der Waals surface area contributed by atoms with Crippen LogP contribution in [0.3, 0.4) is 0 Å². The van der Waals surface area contributed by atoms with Crippen molar-refractivity contribution in [2.45, 2.75) is 52.1 Å². The number of nitrogens with zero attached hydrogens (tertiary/aromatic N) is 3. The second-order valence-corrected chi connectivity index (χ2v) is 5.56. The molecule has 0 aliphatic heterocycles. The summed E-state index contributed by atoms with van der Waals surface area (Å²) in [5, 5.41) is 8.03. The Labute approximate surface area is 124 Å². The summed E-state index contributed by atoms with van der Waals surface area (Å²) in [6.07, 6.45) is 6.08. The second-order valence-electron chi connectivity index (χ2n) is 5.56. The van der Waals surface area contributed by atoms with E-state index >= 15 is 0 Å². The standard InChI is InChI=1S/C15H23N5O/c1-4-5-6-13(16)15(21)19-12-7-11-8-18-20(10(2)3)14(11)17-9-12/h7-10,13H,4-6,16H2,1-3H3,(H,19,21)/t13-/m0/s1. The summed E-state index contributed by atoms with van der Waals surface area (Å²) in [6.45, 7) is 6.18. The number of anilines is 1. The van der Waals surface area contributed by atoms with Crippen molar-refractivity contribution in [3.8, 4) is 0 Å². The lowest BCUT2D eigenvalue weighted by atomic mass is 10.1. The largest absolute Gasteiger partial charge is 0.323 e. The van der Waals surface area contributed by atoms with E-state index in [1.807, 2.05) is 10.7 Å². The molecule has 3 N–H and O–H groups in total. The zero-order valence-corrected chi connectivity index (χ0v) is 12.8. The first-order valence-electron chi connectivity index (χ1n) is 7.42. The van der Waals surface area contributed by atoms with Crippen LogP contribution in [0.25, 0.3) is 11.0 Å². The molecule has 0 unspecified atom stereocenters. The Morgan fingerprint density at radius 2 is 2.19 bits per heavy atom. The van der Waals surface area contributed by atoms with Gasteiger partial charge in [-0.2, -0.15) is 5.10 Å². The Morgan fingerprint density at radius 1 is 1.43 bits per heavy atom. The number of pyridine rings is 1. The fourth-order valence-electron chi connectivity index (χ4n) is 2.18. The van der Waals surface area contributed by atoms with Gasteiger partial charge in [-0.1, -0.05) is 19.8 Å². The van der Waals surface area contributed by atoms with E-state index in [1.165, 1.54) is 0 Å². The fraction of sp³-hybridized carbons (Fsp3) is 0.533. The quantitative estimate of drug-likeness (QED) is 0.855. The number of nitrogens with two attached hydrogens (primary N) is 1. The minimum Gasteiger partial charge on any atom is -0.323 e. The molecule has 2 aromatic heterocycles. The average molecular weight is 289 g/mol. The average Bonchev–Trinajstić information content (AvgIpc) is 2.87. The van der Waals surface area contributed by atoms with Crippen LogP contribution in [0.4, 0.5) is 5.69 Å². The number of hydrogen-bond donors (Lipinski definition) is 2. The van der Waals surface area contributed by atoms with Crippen LogP contribution in [0.15, 0.2) is 18.5 Å². The van der Waals surface area contributed by atoms with Crippen LogP contribution in [0.1, 0.15) is 46.1 Å². The van der Waals surface area contributed by atoms with Crippen molar-refractivity contribution in [3.05, 3.63) is 18.5 Å². The topological polar surface area (TPSA) is 85.8 Å². The van der Waals surface area contributed by atoms with Gasteiger partial charge in [0.15, 0.2) is 5.65 Å². The van der Waals surface area contributed by atoms with E-state index in [4.69, 9.17) is 5.73 Å². The molecule has 0 saturated heterocycles. The van der Waals surface area contributed by atoms with Crippen LogP contribution in [-0.4, -0.2) is 26.7 Å². The highest BCUT2D eigenvalue weighted by molar-refractivity contribution is 5.95. The van der Waals surface area contributed by atoms with Gasteiger partial charge in [-0.25, -0.2) is 9.67 Å². The summed E-state index contributed by atoms with van der Waals surface area (Å²) in [4.78, 5) is 16.4. The summed E-state index contributed by atoms with van der Waals surface area (Å²) in [7, 11) is 0. The van der Waals surface area contributed by atoms with Crippen molar-refractivity contribution in [1.29, 1.82) is 0 Å². The van der Waals surface area contributed by atoms with Crippen LogP contribution < -0.4 is 11.1 Å². The lowest BCUT2D eigenvalue weighted by molar-refractivity contribution is -0.117. The molecule has 2 heterocycles. The van der Waals surface area contributed by atoms with Gasteiger partial charge in [-0.05, 0) is 26.3 Å². The van der Waals surface area contributed by atoms with E-state index in [0.29, 0.717) is 12.1 Å². The predicted molar refractivity (Wildman–Crippen MR) is 84.0 cm³/mol. The molecule has 1 amide bonds. The van der Waals surface area contributed by atoms with Gasteiger partial charge in [0.25, 0.3) is 0 Å². The molecule has 6 heteroatoms. The van der Waals surface area contributed by atoms with Crippen molar-refractivity contribution < 1.29 is 4.79 Å². The molecule has 0 aromatic carbocycles. The Balaban J connectivity index is 2.11. The monoisotopic (exact) mass is 289 g/mol. The van der Waals surface area contributed by atoms with Crippen molar-refractivity contribution >= 4 is 22.6 Å². The summed E-state index contributed by atoms with van der Waals surface area (Å²) in [5.74, 6) is -0.166. The van der Waals surface area contributed by atoms with Crippen molar-refractivity contribution in [3.63, 3.8) is 0 Å². The normalized spacial score (nSPS) is 12.8. The molecule has 0 aliphatic carbocycles. The first-order chi connectivity index (χ1) is 10.0. The van der Waals surface area contributed by atoms with E-state index in [1.54, 1.807) is 12.4 Å². The van der Waals surface area contributed by atoms with E-state index < -0.39 is 6.04 Å². The van der Waals surface area contributed by atoms with E-state index in [9.17, 15) is 4.79 Å². The number of aromatic nitrogens is 3. The molecule has 114 valence electrons. The number of carbonyl (C=O) groups is 1. The number of fused-ring (bicyclic) bond motifs is 1. The van der Waals surface area contributed by atoms with Crippen LogP contribution in [0, 0.1) is 0 Å². The Morgan fingerprint density at radius 3 is 2.86 bits per heavy atom. The maximum absolute atomic E-state index is 12.0. The van der Waals surface area contributed by atoms with Gasteiger partial charge in [0.1, 0.15) is 0 Å². The van der Waals surface area contributed by atoms with Crippen LogP contribution in [0.2, 0.25) is 0 Å². The zero-order valence-electron chi connectivity index (χ0n) is 12.8. The number of rotatable bonds is 6. The van der Waals surface area contributed by atoms with Crippen LogP contribution in [0.5, 0.6) is 0 Å². The minimum atomic E-state index is -0.473. The highest BCUT2D eigenvalue weighted by atomic mass is 16.2. The summed E-state index contributed by atoms with van der Waals surface area (Å²) < 4.78 is 1.86. The van der Waals surface area contributed by atoms with E-state index in [2.05, 4.69) is 36.2 Å². The summed E-state index contributed by atoms with van der Waals surface area (Å²) in [6, 6.07) is 1.65. The predicted octanol–water partition coefficient (Wildman–Crippen LogP) is 2.47. The minimum absolute atomic E-state index is 0.166. The Kier molecular flexibility index (Phi) is 4.90. The van der Waals surface area contributed by atoms with Gasteiger partial charge in [-0.3, -0.25) is 4.79 Å². The third-order valence-electron chi connectivity index (χ3n) is 3.40. The van der Waals surface area contributed by atoms with Gasteiger partial charge >= 0.3 is 0 Å². The molecule has 0 saturated carbocycles. The summed E-state index contributed by atoms with van der Waals surface area (Å²) in [5.41, 5.74) is 7.33. The maximum Gasteiger partial charge on any atom is 0.241 e. The van der Waals surface area contributed by atoms with Gasteiger partial charge in [0.05, 0.1) is 24.1 Å². The molecule has 2 aromatic rings. The molecular weight excluding hydrogens is 266 g/mol. The van der Waals surface area contributed by atoms with Crippen LogP contribution in [-0.2, 0) is 4.79 Å². The van der Waals surface area contributed by atoms with Gasteiger partial charge < -0.3 is 11.1 Å². The molecule has 0 bridgehead atoms. The molecular formula is C15H23N5O. The zero-order chi connectivity index (χ0) is 15.4. The lowest BCUT2D eigenvalue weighted by Gasteiger charge is -2.12. The van der Waals surface area contributed by atoms with Crippen molar-refractivity contribution in [1.82, 2.24) is 14.8 Å². The molecule has 6 nitrogen and oxygen atoms in total. The molecule has 1 atom stereocenters. The van der Waals surface area contributed by atoms with Crippen molar-refractivity contribution in [2.24, 2.45) is 5.73 Å². The fourth-order valence-corrected chi connectivity index (χ4v) is 2.18. The Bertz CT molecular complexity index is 620. The SMILES string of the molecule is CCCC[C@H](N)C(=O)Nc1cnc2c(cnn2C(C)C)c1. The van der Waals surface area contributed by atoms with E-state index in [-0.39, 0.29) is 11.9 Å². The first kappa shape index (κ1) is 15.4. The molecule has 0 radical (unpaired) electrons. The molecule has 0 spiro atoms. The molecule has 21 heavy (non-hydrogen) atoms. The number of hydrogen-bond acceptors (Lipinski definition) is 4. The number of unbranched alkanes of at least 4 members (excludes halogenated alkanes) is 1. The third kappa shape index (κ3) is 3.58. The van der Waals surface area contributed by atoms with Crippen molar-refractivity contribution in [2.75, 3.05) is 5.32 Å². The number of carbonyl (C=O) groups excluding carboxylic acids is 1. The second kappa shape index (κ2) is 6.67. The van der Waals surface area contributed by atoms with Gasteiger partial charge in [0.2, 0.25) is 5.91 Å². The first-order valence-corrected chi connectivity index (χ1v) is 7.42. The van der Waals surface area contributed by atoms with E-state index in [0.717, 1.165) is 23.9 Å². The van der Waals surface area contributed by atoms with Gasteiger partial charge in [0, 0.05) is 11.4 Å². The highest BCUT2D eigenvalue weighted by Gasteiger charge is 2.14. The molecule has 0 fully saturated rings. The maximum atomic E-state index is 12.0. The summed E-state index contributed by atoms with van der Waals surface area (Å²) >= 11 is 0. The van der Waals surface area contributed by atoms with Crippen LogP contribution >= 0.6 is 0 Å². The lowest BCUT2D eigenvalue weighted by Crippen LogP contribution is -2.35. The number of nitrogens with one attached hydrogen (secondary N) is 1. The smallest absolute Gasteiger partial charge is 0.241 e. The number of amides is 1. The third-order valence-corrected chi connectivity index (χ3v) is 3.40. The van der Waals surface area contributed by atoms with Gasteiger partial charge in [-0.15, -0.1) is 0 Å². The highest BCUT2D eigenvalue weighted by Crippen LogP contribution is 2.19.